The van der Waals surface area contributed by atoms with E-state index in [0.717, 1.165) is 27.9 Å². The van der Waals surface area contributed by atoms with Crippen molar-refractivity contribution in [2.24, 2.45) is 0 Å². The number of nitrogens with one attached hydrogen (secondary N) is 1. The number of carbonyl (C=O) groups excluding carboxylic acids is 2. The van der Waals surface area contributed by atoms with Crippen LogP contribution in [0.2, 0.25) is 0 Å². The molecule has 1 aliphatic heterocycles. The van der Waals surface area contributed by atoms with Crippen LogP contribution in [0.5, 0.6) is 5.75 Å². The number of nitrogens with zero attached hydrogens (tertiary/aromatic N) is 1. The molecule has 2 aromatic rings. The Morgan fingerprint density at radius 3 is 2.48 bits per heavy atom. The van der Waals surface area contributed by atoms with Gasteiger partial charge in [0.1, 0.15) is 5.75 Å². The smallest absolute Gasteiger partial charge is 0.285 e. The van der Waals surface area contributed by atoms with Crippen molar-refractivity contribution in [1.29, 1.82) is 0 Å². The Hall–Kier alpha value is -2.90. The Kier molecular flexibility index (Phi) is 5.73. The maximum atomic E-state index is 12.6. The summed E-state index contributed by atoms with van der Waals surface area (Å²) in [5.41, 5.74) is 4.74. The number of thioether (sulfide) groups is 1. The van der Waals surface area contributed by atoms with Crippen LogP contribution in [0, 0.1) is 0 Å². The summed E-state index contributed by atoms with van der Waals surface area (Å²) in [5.74, 6) is -0.803. The lowest BCUT2D eigenvalue weighted by Crippen LogP contribution is -2.44. The number of hydrogen-bond donors (Lipinski definition) is 2. The monoisotopic (exact) mass is 396 g/mol. The van der Waals surface area contributed by atoms with Gasteiger partial charge in [-0.3, -0.25) is 15.0 Å². The quantitative estimate of drug-likeness (QED) is 0.606. The molecule has 3 rings (SSSR count). The molecule has 5 nitrogen and oxygen atoms in total. The number of allylic oxidation sites excluding steroid dienone is 2. The van der Waals surface area contributed by atoms with E-state index < -0.39 is 5.91 Å². The maximum Gasteiger partial charge on any atom is 0.285 e. The van der Waals surface area contributed by atoms with Gasteiger partial charge in [-0.1, -0.05) is 48.2 Å². The molecule has 0 bridgehead atoms. The van der Waals surface area contributed by atoms with Crippen LogP contribution in [0.3, 0.4) is 0 Å². The first-order chi connectivity index (χ1) is 12.9. The van der Waals surface area contributed by atoms with Crippen LogP contribution in [0.25, 0.3) is 6.08 Å². The lowest BCUT2D eigenvalue weighted by molar-refractivity contribution is -0.123. The van der Waals surface area contributed by atoms with E-state index >= 15 is 0 Å². The third kappa shape index (κ3) is 4.64. The standard InChI is InChI=1S/C20H16N2O3S2/c1-13(11-14-5-3-2-4-6-14)12-17-19(25)22(20(26)27-17)21-18(24)15-7-9-16(23)10-8-15/h2-12,23H,1H3,(H,21,24)/b13-11+,17-12-. The van der Waals surface area contributed by atoms with Gasteiger partial charge in [-0.25, -0.2) is 0 Å². The van der Waals surface area contributed by atoms with Gasteiger partial charge in [0, 0.05) is 5.56 Å². The third-order valence-corrected chi connectivity index (χ3v) is 4.99. The molecule has 1 heterocycles. The van der Waals surface area contributed by atoms with Gasteiger partial charge in [0.2, 0.25) is 0 Å². The minimum absolute atomic E-state index is 0.0563. The molecule has 0 saturated carbocycles. The van der Waals surface area contributed by atoms with Crippen molar-refractivity contribution in [3.05, 3.63) is 82.3 Å². The zero-order chi connectivity index (χ0) is 19.4. The zero-order valence-electron chi connectivity index (χ0n) is 14.4. The van der Waals surface area contributed by atoms with Crippen molar-refractivity contribution >= 4 is 46.2 Å². The number of aromatic hydroxyl groups is 1. The van der Waals surface area contributed by atoms with E-state index in [0.29, 0.717) is 10.5 Å². The summed E-state index contributed by atoms with van der Waals surface area (Å²) in [7, 11) is 0. The molecular formula is C20H16N2O3S2. The Labute approximate surface area is 166 Å². The number of hydrazine groups is 1. The molecule has 2 amide bonds. The maximum absolute atomic E-state index is 12.6. The second-order valence-electron chi connectivity index (χ2n) is 5.80. The molecule has 27 heavy (non-hydrogen) atoms. The Morgan fingerprint density at radius 1 is 1.15 bits per heavy atom. The molecule has 0 aromatic heterocycles. The van der Waals surface area contributed by atoms with Gasteiger partial charge in [0.05, 0.1) is 4.91 Å². The summed E-state index contributed by atoms with van der Waals surface area (Å²) in [4.78, 5) is 25.3. The van der Waals surface area contributed by atoms with Gasteiger partial charge in [-0.05, 0) is 60.6 Å². The Balaban J connectivity index is 1.73. The Morgan fingerprint density at radius 2 is 1.81 bits per heavy atom. The van der Waals surface area contributed by atoms with E-state index in [1.165, 1.54) is 24.3 Å². The predicted molar refractivity (Wildman–Crippen MR) is 111 cm³/mol. The molecule has 0 radical (unpaired) electrons. The van der Waals surface area contributed by atoms with Crippen LogP contribution in [-0.2, 0) is 4.79 Å². The topological polar surface area (TPSA) is 69.6 Å². The molecule has 1 aliphatic rings. The largest absolute Gasteiger partial charge is 0.508 e. The molecular weight excluding hydrogens is 380 g/mol. The van der Waals surface area contributed by atoms with Gasteiger partial charge < -0.3 is 5.11 Å². The number of benzene rings is 2. The van der Waals surface area contributed by atoms with E-state index in [-0.39, 0.29) is 16.0 Å². The highest BCUT2D eigenvalue weighted by molar-refractivity contribution is 8.26. The first kappa shape index (κ1) is 18.9. The van der Waals surface area contributed by atoms with Crippen LogP contribution < -0.4 is 5.43 Å². The van der Waals surface area contributed by atoms with Crippen LogP contribution in [0.15, 0.2) is 71.2 Å². The predicted octanol–water partition coefficient (Wildman–Crippen LogP) is 3.88. The van der Waals surface area contributed by atoms with E-state index in [1.54, 1.807) is 6.08 Å². The van der Waals surface area contributed by atoms with Crippen LogP contribution in [0.1, 0.15) is 22.8 Å². The number of amides is 2. The number of phenols is 1. The van der Waals surface area contributed by atoms with Gasteiger partial charge >= 0.3 is 0 Å². The van der Waals surface area contributed by atoms with Crippen LogP contribution in [0.4, 0.5) is 0 Å². The van der Waals surface area contributed by atoms with Crippen molar-refractivity contribution in [2.45, 2.75) is 6.92 Å². The number of phenolic OH excluding ortho intramolecular Hbond substituents is 1. The normalized spacial score (nSPS) is 16.1. The van der Waals surface area contributed by atoms with E-state index in [1.807, 2.05) is 43.3 Å². The lowest BCUT2D eigenvalue weighted by Gasteiger charge is -2.15. The molecule has 2 N–H and O–H groups in total. The van der Waals surface area contributed by atoms with Gasteiger partial charge in [0.15, 0.2) is 4.32 Å². The summed E-state index contributed by atoms with van der Waals surface area (Å²) < 4.78 is 0.255. The minimum atomic E-state index is -0.482. The molecule has 0 spiro atoms. The summed E-state index contributed by atoms with van der Waals surface area (Å²) in [5, 5.41) is 10.4. The average molecular weight is 396 g/mol. The zero-order valence-corrected chi connectivity index (χ0v) is 16.0. The summed E-state index contributed by atoms with van der Waals surface area (Å²) in [6.45, 7) is 1.90. The van der Waals surface area contributed by atoms with Gasteiger partial charge in [-0.2, -0.15) is 5.01 Å². The van der Waals surface area contributed by atoms with Crippen molar-refractivity contribution in [3.8, 4) is 5.75 Å². The number of rotatable bonds is 4. The van der Waals surface area contributed by atoms with Gasteiger partial charge in [-0.15, -0.1) is 0 Å². The SMILES string of the molecule is CC(/C=C1\SC(=S)N(NC(=O)c2ccc(O)cc2)C1=O)=C\c1ccccc1. The van der Waals surface area contributed by atoms with E-state index in [4.69, 9.17) is 12.2 Å². The number of thiocarbonyl (C=S) groups is 1. The highest BCUT2D eigenvalue weighted by atomic mass is 32.2. The molecule has 1 saturated heterocycles. The molecule has 136 valence electrons. The van der Waals surface area contributed by atoms with Crippen molar-refractivity contribution in [1.82, 2.24) is 10.4 Å². The molecule has 0 aliphatic carbocycles. The molecule has 7 heteroatoms. The highest BCUT2D eigenvalue weighted by Gasteiger charge is 2.33. The van der Waals surface area contributed by atoms with Crippen molar-refractivity contribution in [2.75, 3.05) is 0 Å². The van der Waals surface area contributed by atoms with Crippen LogP contribution in [-0.4, -0.2) is 26.3 Å². The van der Waals surface area contributed by atoms with Crippen LogP contribution >= 0.6 is 24.0 Å². The molecule has 1 fully saturated rings. The summed E-state index contributed by atoms with van der Waals surface area (Å²) in [6, 6.07) is 15.5. The highest BCUT2D eigenvalue weighted by Crippen LogP contribution is 2.31. The molecule has 0 atom stereocenters. The van der Waals surface area contributed by atoms with Gasteiger partial charge in [0.25, 0.3) is 11.8 Å². The minimum Gasteiger partial charge on any atom is -0.508 e. The summed E-state index contributed by atoms with van der Waals surface area (Å²) in [6.07, 6.45) is 3.71. The Bertz CT molecular complexity index is 951. The lowest BCUT2D eigenvalue weighted by atomic mass is 10.1. The second-order valence-corrected chi connectivity index (χ2v) is 7.48. The average Bonchev–Trinajstić information content (AvgIpc) is 2.90. The fourth-order valence-electron chi connectivity index (χ4n) is 2.40. The first-order valence-electron chi connectivity index (χ1n) is 8.05. The van der Waals surface area contributed by atoms with E-state index in [2.05, 4.69) is 5.43 Å². The number of hydrogen-bond acceptors (Lipinski definition) is 5. The fourth-order valence-corrected chi connectivity index (χ4v) is 3.63. The third-order valence-electron chi connectivity index (χ3n) is 3.69. The van der Waals surface area contributed by atoms with E-state index in [9.17, 15) is 14.7 Å². The fraction of sp³-hybridized carbons (Fsp3) is 0.0500. The van der Waals surface area contributed by atoms with Crippen molar-refractivity contribution < 1.29 is 14.7 Å². The summed E-state index contributed by atoms with van der Waals surface area (Å²) >= 11 is 6.35. The molecule has 2 aromatic carbocycles. The van der Waals surface area contributed by atoms with Crippen molar-refractivity contribution in [3.63, 3.8) is 0 Å². The molecule has 0 unspecified atom stereocenters. The first-order valence-corrected chi connectivity index (χ1v) is 9.28. The second kappa shape index (κ2) is 8.20. The number of carbonyl (C=O) groups is 2.